The second-order valence-corrected chi connectivity index (χ2v) is 11.2. The van der Waals surface area contributed by atoms with Gasteiger partial charge in [0.15, 0.2) is 0 Å². The summed E-state index contributed by atoms with van der Waals surface area (Å²) in [5.41, 5.74) is 4.60. The molecule has 1 aromatic heterocycles. The van der Waals surface area contributed by atoms with Crippen molar-refractivity contribution >= 4 is 22.8 Å². The fraction of sp³-hybridized carbons (Fsp3) is 0.433. The van der Waals surface area contributed by atoms with E-state index < -0.39 is 11.4 Å². The number of hydrogen-bond donors (Lipinski definition) is 2. The van der Waals surface area contributed by atoms with Crippen molar-refractivity contribution in [2.45, 2.75) is 70.3 Å². The van der Waals surface area contributed by atoms with E-state index >= 15 is 0 Å². The van der Waals surface area contributed by atoms with Gasteiger partial charge in [-0.1, -0.05) is 43.3 Å². The molecule has 4 aliphatic rings. The Bertz CT molecular complexity index is 1330. The minimum absolute atomic E-state index is 0.0411. The SMILES string of the molecule is Cc1c(-c2ccccc2)nc2ccc(C3CC3)cc2c1C(=O)NC12CCC(C(=O)O)(CC1)C(C)C2. The van der Waals surface area contributed by atoms with Gasteiger partial charge in [-0.25, -0.2) is 4.98 Å². The smallest absolute Gasteiger partial charge is 0.309 e. The third-order valence-electron chi connectivity index (χ3n) is 9.12. The van der Waals surface area contributed by atoms with E-state index in [4.69, 9.17) is 4.98 Å². The van der Waals surface area contributed by atoms with Crippen molar-refractivity contribution in [1.82, 2.24) is 10.3 Å². The van der Waals surface area contributed by atoms with Crippen LogP contribution in [-0.2, 0) is 4.79 Å². The van der Waals surface area contributed by atoms with Crippen molar-refractivity contribution in [2.24, 2.45) is 11.3 Å². The number of carbonyl (C=O) groups is 2. The molecule has 0 spiro atoms. The average molecular weight is 469 g/mol. The first-order valence-corrected chi connectivity index (χ1v) is 12.9. The summed E-state index contributed by atoms with van der Waals surface area (Å²) >= 11 is 0. The molecule has 0 aliphatic heterocycles. The molecule has 0 saturated heterocycles. The molecule has 3 aromatic rings. The number of hydrogen-bond acceptors (Lipinski definition) is 3. The molecule has 1 atom stereocenters. The summed E-state index contributed by atoms with van der Waals surface area (Å²) in [4.78, 5) is 31.1. The van der Waals surface area contributed by atoms with Gasteiger partial charge in [-0.15, -0.1) is 0 Å². The van der Waals surface area contributed by atoms with Crippen molar-refractivity contribution in [3.8, 4) is 11.3 Å². The number of nitrogens with one attached hydrogen (secondary N) is 1. The summed E-state index contributed by atoms with van der Waals surface area (Å²) in [6, 6.07) is 16.4. The number of amides is 1. The lowest BCUT2D eigenvalue weighted by atomic mass is 9.52. The van der Waals surface area contributed by atoms with Crippen LogP contribution < -0.4 is 5.32 Å². The molecule has 4 fully saturated rings. The van der Waals surface area contributed by atoms with Crippen LogP contribution in [0.15, 0.2) is 48.5 Å². The fourth-order valence-electron chi connectivity index (χ4n) is 6.77. The highest BCUT2D eigenvalue weighted by atomic mass is 16.4. The quantitative estimate of drug-likeness (QED) is 0.464. The molecule has 2 N–H and O–H groups in total. The number of carbonyl (C=O) groups excluding carboxylic acids is 1. The lowest BCUT2D eigenvalue weighted by Gasteiger charge is -2.55. The van der Waals surface area contributed by atoms with Gasteiger partial charge in [0.2, 0.25) is 0 Å². The Kier molecular flexibility index (Phi) is 5.03. The molecule has 4 aliphatic carbocycles. The Morgan fingerprint density at radius 3 is 2.37 bits per heavy atom. The van der Waals surface area contributed by atoms with Gasteiger partial charge in [-0.2, -0.15) is 0 Å². The lowest BCUT2D eigenvalue weighted by Crippen LogP contribution is -2.61. The average Bonchev–Trinajstić information content (AvgIpc) is 3.70. The van der Waals surface area contributed by atoms with E-state index in [1.807, 2.05) is 44.2 Å². The maximum absolute atomic E-state index is 14.1. The van der Waals surface area contributed by atoms with Gasteiger partial charge in [0.1, 0.15) is 0 Å². The molecular weight excluding hydrogens is 436 g/mol. The standard InChI is InChI=1S/C30H32N2O3/c1-18-17-29(12-14-30(18,15-13-29)28(34)35)32-27(33)25-19(2)26(21-6-4-3-5-7-21)31-24-11-10-22(16-23(24)25)20-8-9-20/h3-7,10-11,16,18,20H,8-9,12-15,17H2,1-2H3,(H,32,33)(H,34,35). The van der Waals surface area contributed by atoms with Crippen molar-refractivity contribution in [1.29, 1.82) is 0 Å². The number of carboxylic acid groups (broad SMARTS) is 1. The minimum Gasteiger partial charge on any atom is -0.481 e. The Hall–Kier alpha value is -3.21. The zero-order valence-electron chi connectivity index (χ0n) is 20.4. The van der Waals surface area contributed by atoms with Crippen LogP contribution >= 0.6 is 0 Å². The largest absolute Gasteiger partial charge is 0.481 e. The van der Waals surface area contributed by atoms with E-state index in [9.17, 15) is 14.7 Å². The van der Waals surface area contributed by atoms with Crippen molar-refractivity contribution in [3.05, 3.63) is 65.2 Å². The van der Waals surface area contributed by atoms with Crippen LogP contribution in [0.25, 0.3) is 22.2 Å². The highest BCUT2D eigenvalue weighted by Gasteiger charge is 2.57. The molecule has 1 heterocycles. The Morgan fingerprint density at radius 1 is 1.03 bits per heavy atom. The van der Waals surface area contributed by atoms with Gasteiger partial charge in [0.05, 0.1) is 22.2 Å². The molecule has 1 amide bonds. The monoisotopic (exact) mass is 468 g/mol. The molecule has 2 aromatic carbocycles. The molecule has 180 valence electrons. The summed E-state index contributed by atoms with van der Waals surface area (Å²) < 4.78 is 0. The molecule has 35 heavy (non-hydrogen) atoms. The summed E-state index contributed by atoms with van der Waals surface area (Å²) in [6.07, 6.45) is 5.81. The summed E-state index contributed by atoms with van der Waals surface area (Å²) in [5, 5.41) is 14.3. The molecule has 4 saturated carbocycles. The number of carboxylic acids is 1. The van der Waals surface area contributed by atoms with Crippen LogP contribution in [0.3, 0.4) is 0 Å². The number of benzene rings is 2. The van der Waals surface area contributed by atoms with Crippen LogP contribution in [-0.4, -0.2) is 27.5 Å². The molecule has 2 bridgehead atoms. The van der Waals surface area contributed by atoms with Crippen LogP contribution in [0.5, 0.6) is 0 Å². The highest BCUT2D eigenvalue weighted by Crippen LogP contribution is 2.55. The van der Waals surface area contributed by atoms with Gasteiger partial charge < -0.3 is 10.4 Å². The maximum Gasteiger partial charge on any atom is 0.309 e. The minimum atomic E-state index is -0.680. The van der Waals surface area contributed by atoms with E-state index in [0.717, 1.165) is 40.6 Å². The van der Waals surface area contributed by atoms with Crippen molar-refractivity contribution < 1.29 is 14.7 Å². The predicted molar refractivity (Wildman–Crippen MR) is 136 cm³/mol. The third-order valence-corrected chi connectivity index (χ3v) is 9.12. The Labute approximate surface area is 206 Å². The molecule has 5 nitrogen and oxygen atoms in total. The number of rotatable bonds is 5. The second kappa shape index (κ2) is 7.91. The fourth-order valence-corrected chi connectivity index (χ4v) is 6.77. The zero-order chi connectivity index (χ0) is 24.4. The van der Waals surface area contributed by atoms with Crippen molar-refractivity contribution in [2.75, 3.05) is 0 Å². The van der Waals surface area contributed by atoms with Crippen LogP contribution in [0.4, 0.5) is 0 Å². The lowest BCUT2D eigenvalue weighted by molar-refractivity contribution is -0.162. The normalized spacial score (nSPS) is 27.7. The Balaban J connectivity index is 1.43. The second-order valence-electron chi connectivity index (χ2n) is 11.2. The van der Waals surface area contributed by atoms with Gasteiger partial charge in [-0.05, 0) is 87.0 Å². The first-order chi connectivity index (χ1) is 16.8. The topological polar surface area (TPSA) is 79.3 Å². The third kappa shape index (κ3) is 3.55. The van der Waals surface area contributed by atoms with Crippen LogP contribution in [0.1, 0.15) is 79.3 Å². The van der Waals surface area contributed by atoms with Crippen LogP contribution in [0, 0.1) is 18.3 Å². The summed E-state index contributed by atoms with van der Waals surface area (Å²) in [5.74, 6) is -0.109. The van der Waals surface area contributed by atoms with Gasteiger partial charge >= 0.3 is 5.97 Å². The summed E-state index contributed by atoms with van der Waals surface area (Å²) in [7, 11) is 0. The summed E-state index contributed by atoms with van der Waals surface area (Å²) in [6.45, 7) is 4.04. The van der Waals surface area contributed by atoms with E-state index in [1.165, 1.54) is 18.4 Å². The zero-order valence-corrected chi connectivity index (χ0v) is 20.4. The van der Waals surface area contributed by atoms with Crippen molar-refractivity contribution in [3.63, 3.8) is 0 Å². The van der Waals surface area contributed by atoms with E-state index in [0.29, 0.717) is 30.7 Å². The number of aromatic nitrogens is 1. The number of aliphatic carboxylic acids is 1. The molecule has 5 heteroatoms. The first kappa shape index (κ1) is 22.3. The van der Waals surface area contributed by atoms with E-state index in [1.54, 1.807) is 0 Å². The van der Waals surface area contributed by atoms with E-state index in [-0.39, 0.29) is 17.4 Å². The van der Waals surface area contributed by atoms with Crippen LogP contribution in [0.2, 0.25) is 0 Å². The van der Waals surface area contributed by atoms with Gasteiger partial charge in [0, 0.05) is 16.5 Å². The number of nitrogens with zero attached hydrogens (tertiary/aromatic N) is 1. The molecule has 0 radical (unpaired) electrons. The molecule has 7 rings (SSSR count). The predicted octanol–water partition coefficient (Wildman–Crippen LogP) is 6.24. The highest BCUT2D eigenvalue weighted by molar-refractivity contribution is 6.09. The number of pyridine rings is 1. The number of fused-ring (bicyclic) bond motifs is 4. The van der Waals surface area contributed by atoms with Gasteiger partial charge in [-0.3, -0.25) is 9.59 Å². The Morgan fingerprint density at radius 2 is 1.74 bits per heavy atom. The molecular formula is C30H32N2O3. The van der Waals surface area contributed by atoms with E-state index in [2.05, 4.69) is 23.5 Å². The first-order valence-electron chi connectivity index (χ1n) is 12.9. The maximum atomic E-state index is 14.1. The molecule has 1 unspecified atom stereocenters. The van der Waals surface area contributed by atoms with Gasteiger partial charge in [0.25, 0.3) is 5.91 Å².